The summed E-state index contributed by atoms with van der Waals surface area (Å²) < 4.78 is 4.77. The number of carbonyl (C=O) groups is 1. The number of methoxy groups -OCH3 is 1. The fourth-order valence-electron chi connectivity index (χ4n) is 2.04. The maximum absolute atomic E-state index is 11.7. The van der Waals surface area contributed by atoms with Crippen molar-refractivity contribution in [1.82, 2.24) is 10.3 Å². The van der Waals surface area contributed by atoms with E-state index in [0.29, 0.717) is 17.4 Å². The topological polar surface area (TPSA) is 54.5 Å². The highest BCUT2D eigenvalue weighted by atomic mass is 16.5. The summed E-state index contributed by atoms with van der Waals surface area (Å²) in [6.07, 6.45) is 1.70. The molecule has 0 spiro atoms. The average molecular weight is 235 g/mol. The summed E-state index contributed by atoms with van der Waals surface area (Å²) in [4.78, 5) is 18.1. The molecule has 1 aromatic heterocycles. The van der Waals surface area contributed by atoms with Gasteiger partial charge in [0.15, 0.2) is 0 Å². The Hall–Kier alpha value is -1.62. The van der Waals surface area contributed by atoms with Gasteiger partial charge in [-0.1, -0.05) is 0 Å². The highest BCUT2D eigenvalue weighted by Crippen LogP contribution is 2.19. The van der Waals surface area contributed by atoms with E-state index in [4.69, 9.17) is 4.74 Å². The van der Waals surface area contributed by atoms with Crippen molar-refractivity contribution in [2.24, 2.45) is 0 Å². The van der Waals surface area contributed by atoms with Gasteiger partial charge in [-0.2, -0.15) is 0 Å². The highest BCUT2D eigenvalue weighted by molar-refractivity contribution is 5.94. The molecule has 92 valence electrons. The van der Waals surface area contributed by atoms with Crippen LogP contribution in [0.5, 0.6) is 0 Å². The van der Waals surface area contributed by atoms with Gasteiger partial charge in [0.05, 0.1) is 7.11 Å². The standard InChI is InChI=1S/C12H17N3O2/c1-9-8-15(7-6-13-9)11-10(12(16)17-2)4-3-5-14-11/h3-5,9,13H,6-8H2,1-2H3/t9-/m1/s1. The number of anilines is 1. The van der Waals surface area contributed by atoms with E-state index in [9.17, 15) is 4.79 Å². The third-order valence-corrected chi connectivity index (χ3v) is 2.86. The van der Waals surface area contributed by atoms with E-state index >= 15 is 0 Å². The molecule has 17 heavy (non-hydrogen) atoms. The molecule has 1 N–H and O–H groups in total. The van der Waals surface area contributed by atoms with Crippen molar-refractivity contribution in [2.75, 3.05) is 31.6 Å². The molecular formula is C12H17N3O2. The van der Waals surface area contributed by atoms with Crippen LogP contribution in [0.1, 0.15) is 17.3 Å². The van der Waals surface area contributed by atoms with Gasteiger partial charge >= 0.3 is 5.97 Å². The maximum Gasteiger partial charge on any atom is 0.341 e. The molecule has 0 bridgehead atoms. The summed E-state index contributed by atoms with van der Waals surface area (Å²) in [5.41, 5.74) is 0.532. The van der Waals surface area contributed by atoms with Gasteiger partial charge in [0.25, 0.3) is 0 Å². The first kappa shape index (κ1) is 11.9. The zero-order valence-corrected chi connectivity index (χ0v) is 10.1. The number of carbonyl (C=O) groups excluding carboxylic acids is 1. The van der Waals surface area contributed by atoms with Gasteiger partial charge in [0, 0.05) is 31.9 Å². The average Bonchev–Trinajstić information content (AvgIpc) is 2.38. The fourth-order valence-corrected chi connectivity index (χ4v) is 2.04. The maximum atomic E-state index is 11.7. The van der Waals surface area contributed by atoms with E-state index in [-0.39, 0.29) is 5.97 Å². The van der Waals surface area contributed by atoms with Crippen molar-refractivity contribution in [3.8, 4) is 0 Å². The van der Waals surface area contributed by atoms with E-state index < -0.39 is 0 Å². The summed E-state index contributed by atoms with van der Waals surface area (Å²) in [5, 5.41) is 3.36. The lowest BCUT2D eigenvalue weighted by Gasteiger charge is -2.33. The van der Waals surface area contributed by atoms with Crippen LogP contribution < -0.4 is 10.2 Å². The predicted molar refractivity (Wildman–Crippen MR) is 65.3 cm³/mol. The van der Waals surface area contributed by atoms with Crippen LogP contribution in [0.25, 0.3) is 0 Å². The Morgan fingerprint density at radius 1 is 1.65 bits per heavy atom. The zero-order valence-electron chi connectivity index (χ0n) is 10.1. The number of aromatic nitrogens is 1. The Labute approximate surface area is 101 Å². The molecule has 1 saturated heterocycles. The monoisotopic (exact) mass is 235 g/mol. The Morgan fingerprint density at radius 3 is 3.18 bits per heavy atom. The second-order valence-electron chi connectivity index (χ2n) is 4.17. The van der Waals surface area contributed by atoms with Gasteiger partial charge in [-0.3, -0.25) is 0 Å². The summed E-state index contributed by atoms with van der Waals surface area (Å²) in [6.45, 7) is 4.72. The van der Waals surface area contributed by atoms with E-state index in [1.165, 1.54) is 7.11 Å². The van der Waals surface area contributed by atoms with Gasteiger partial charge in [-0.05, 0) is 19.1 Å². The van der Waals surface area contributed by atoms with Gasteiger partial charge in [-0.15, -0.1) is 0 Å². The lowest BCUT2D eigenvalue weighted by molar-refractivity contribution is 0.0601. The van der Waals surface area contributed by atoms with Crippen LogP contribution in [0.4, 0.5) is 5.82 Å². The van der Waals surface area contributed by atoms with E-state index in [1.54, 1.807) is 18.3 Å². The molecule has 2 heterocycles. The second-order valence-corrected chi connectivity index (χ2v) is 4.17. The third kappa shape index (κ3) is 2.55. The van der Waals surface area contributed by atoms with Crippen LogP contribution in [-0.4, -0.2) is 43.7 Å². The minimum absolute atomic E-state index is 0.334. The SMILES string of the molecule is COC(=O)c1cccnc1N1CCN[C@H](C)C1. The Bertz CT molecular complexity index is 408. The predicted octanol–water partition coefficient (Wildman–Crippen LogP) is 0.666. The number of piperazine rings is 1. The third-order valence-electron chi connectivity index (χ3n) is 2.86. The minimum Gasteiger partial charge on any atom is -0.465 e. The lowest BCUT2D eigenvalue weighted by atomic mass is 10.2. The van der Waals surface area contributed by atoms with Crippen LogP contribution in [-0.2, 0) is 4.74 Å². The van der Waals surface area contributed by atoms with Gasteiger partial charge < -0.3 is 15.0 Å². The van der Waals surface area contributed by atoms with Crippen molar-refractivity contribution >= 4 is 11.8 Å². The van der Waals surface area contributed by atoms with E-state index in [1.807, 2.05) is 0 Å². The van der Waals surface area contributed by atoms with Crippen LogP contribution in [0.2, 0.25) is 0 Å². The Kier molecular flexibility index (Phi) is 3.58. The number of rotatable bonds is 2. The van der Waals surface area contributed by atoms with E-state index in [0.717, 1.165) is 19.6 Å². The summed E-state index contributed by atoms with van der Waals surface area (Å²) in [5.74, 6) is 0.381. The fraction of sp³-hybridized carbons (Fsp3) is 0.500. The Morgan fingerprint density at radius 2 is 2.47 bits per heavy atom. The highest BCUT2D eigenvalue weighted by Gasteiger charge is 2.22. The first-order chi connectivity index (χ1) is 8.22. The molecule has 0 unspecified atom stereocenters. The van der Waals surface area contributed by atoms with Gasteiger partial charge in [0.2, 0.25) is 0 Å². The van der Waals surface area contributed by atoms with Gasteiger partial charge in [-0.25, -0.2) is 9.78 Å². The first-order valence-electron chi connectivity index (χ1n) is 5.74. The molecule has 1 aliphatic heterocycles. The number of nitrogens with zero attached hydrogens (tertiary/aromatic N) is 2. The number of esters is 1. The number of pyridine rings is 1. The number of hydrogen-bond donors (Lipinski definition) is 1. The van der Waals surface area contributed by atoms with Crippen LogP contribution >= 0.6 is 0 Å². The largest absolute Gasteiger partial charge is 0.465 e. The van der Waals surface area contributed by atoms with Crippen molar-refractivity contribution in [2.45, 2.75) is 13.0 Å². The van der Waals surface area contributed by atoms with Crippen LogP contribution in [0.3, 0.4) is 0 Å². The summed E-state index contributed by atoms with van der Waals surface area (Å²) in [7, 11) is 1.39. The van der Waals surface area contributed by atoms with Crippen molar-refractivity contribution < 1.29 is 9.53 Å². The molecule has 1 aromatic rings. The van der Waals surface area contributed by atoms with E-state index in [2.05, 4.69) is 22.1 Å². The van der Waals surface area contributed by atoms with Crippen molar-refractivity contribution in [3.63, 3.8) is 0 Å². The second kappa shape index (κ2) is 5.14. The molecule has 5 heteroatoms. The minimum atomic E-state index is -0.334. The summed E-state index contributed by atoms with van der Waals surface area (Å²) in [6, 6.07) is 3.90. The lowest BCUT2D eigenvalue weighted by Crippen LogP contribution is -2.50. The molecule has 1 fully saturated rings. The number of ether oxygens (including phenoxy) is 1. The molecule has 1 atom stereocenters. The number of nitrogens with one attached hydrogen (secondary N) is 1. The molecule has 0 radical (unpaired) electrons. The zero-order chi connectivity index (χ0) is 12.3. The molecule has 0 aliphatic carbocycles. The molecule has 0 aromatic carbocycles. The molecule has 2 rings (SSSR count). The van der Waals surface area contributed by atoms with Gasteiger partial charge in [0.1, 0.15) is 11.4 Å². The molecule has 0 amide bonds. The van der Waals surface area contributed by atoms with Crippen LogP contribution in [0, 0.1) is 0 Å². The van der Waals surface area contributed by atoms with Crippen molar-refractivity contribution in [1.29, 1.82) is 0 Å². The first-order valence-corrected chi connectivity index (χ1v) is 5.74. The smallest absolute Gasteiger partial charge is 0.341 e. The molecule has 5 nitrogen and oxygen atoms in total. The normalized spacial score (nSPS) is 20.1. The quantitative estimate of drug-likeness (QED) is 0.763. The molecule has 0 saturated carbocycles. The molecular weight excluding hydrogens is 218 g/mol. The molecule has 1 aliphatic rings. The van der Waals surface area contributed by atoms with Crippen molar-refractivity contribution in [3.05, 3.63) is 23.9 Å². The van der Waals surface area contributed by atoms with Crippen LogP contribution in [0.15, 0.2) is 18.3 Å². The summed E-state index contributed by atoms with van der Waals surface area (Å²) >= 11 is 0. The number of hydrogen-bond acceptors (Lipinski definition) is 5. The Balaban J connectivity index is 2.27.